The third-order valence-electron chi connectivity index (χ3n) is 3.02. The fourth-order valence-corrected chi connectivity index (χ4v) is 1.95. The minimum absolute atomic E-state index is 0.118. The minimum Gasteiger partial charge on any atom is -0.301 e. The Morgan fingerprint density at radius 3 is 2.79 bits per heavy atom. The maximum atomic E-state index is 14.0. The Balaban J connectivity index is 2.18. The van der Waals surface area contributed by atoms with Gasteiger partial charge in [-0.1, -0.05) is 23.7 Å². The SMILES string of the molecule is Cn1nnnc1CNC(C)(C)c1cccc(Cl)c1F. The fraction of sp³-hybridized carbons (Fsp3) is 0.417. The van der Waals surface area contributed by atoms with Crippen molar-refractivity contribution in [2.24, 2.45) is 7.05 Å². The van der Waals surface area contributed by atoms with Crippen LogP contribution in [0.15, 0.2) is 18.2 Å². The van der Waals surface area contributed by atoms with Gasteiger partial charge in [-0.3, -0.25) is 0 Å². The predicted octanol–water partition coefficient (Wildman–Crippen LogP) is 2.03. The first kappa shape index (κ1) is 13.9. The quantitative estimate of drug-likeness (QED) is 0.933. The highest BCUT2D eigenvalue weighted by atomic mass is 35.5. The van der Waals surface area contributed by atoms with Gasteiger partial charge in [-0.05, 0) is 30.3 Å². The van der Waals surface area contributed by atoms with Crippen molar-refractivity contribution in [1.82, 2.24) is 25.5 Å². The molecule has 0 bridgehead atoms. The standard InChI is InChI=1S/C12H15ClFN5/c1-12(2,8-5-4-6-9(13)11(8)14)15-7-10-16-17-18-19(10)3/h4-6,15H,7H2,1-3H3. The lowest BCUT2D eigenvalue weighted by Gasteiger charge is -2.27. The molecule has 0 aliphatic rings. The Morgan fingerprint density at radius 2 is 2.16 bits per heavy atom. The van der Waals surface area contributed by atoms with Gasteiger partial charge in [0, 0.05) is 18.2 Å². The largest absolute Gasteiger partial charge is 0.301 e. The van der Waals surface area contributed by atoms with Crippen molar-refractivity contribution in [3.63, 3.8) is 0 Å². The van der Waals surface area contributed by atoms with E-state index >= 15 is 0 Å². The Morgan fingerprint density at radius 1 is 1.42 bits per heavy atom. The van der Waals surface area contributed by atoms with Crippen LogP contribution in [-0.2, 0) is 19.1 Å². The first-order valence-corrected chi connectivity index (χ1v) is 6.20. The summed E-state index contributed by atoms with van der Waals surface area (Å²) in [5, 5.41) is 14.5. The molecule has 1 aromatic carbocycles. The zero-order valence-electron chi connectivity index (χ0n) is 11.0. The van der Waals surface area contributed by atoms with Gasteiger partial charge >= 0.3 is 0 Å². The number of benzene rings is 1. The van der Waals surface area contributed by atoms with Gasteiger partial charge in [0.2, 0.25) is 0 Å². The Kier molecular flexibility index (Phi) is 3.82. The minimum atomic E-state index is -0.582. The van der Waals surface area contributed by atoms with Crippen molar-refractivity contribution in [2.75, 3.05) is 0 Å². The Labute approximate surface area is 115 Å². The van der Waals surface area contributed by atoms with E-state index in [-0.39, 0.29) is 5.02 Å². The van der Waals surface area contributed by atoms with Gasteiger partial charge in [-0.25, -0.2) is 9.07 Å². The third-order valence-corrected chi connectivity index (χ3v) is 3.31. The molecule has 102 valence electrons. The molecule has 0 spiro atoms. The molecule has 5 nitrogen and oxygen atoms in total. The molecule has 0 unspecified atom stereocenters. The highest BCUT2D eigenvalue weighted by Crippen LogP contribution is 2.27. The second-order valence-corrected chi connectivity index (χ2v) is 5.21. The van der Waals surface area contributed by atoms with E-state index < -0.39 is 11.4 Å². The van der Waals surface area contributed by atoms with Gasteiger partial charge in [0.1, 0.15) is 5.82 Å². The zero-order chi connectivity index (χ0) is 14.0. The topological polar surface area (TPSA) is 55.6 Å². The van der Waals surface area contributed by atoms with Crippen LogP contribution in [-0.4, -0.2) is 20.2 Å². The van der Waals surface area contributed by atoms with E-state index in [0.29, 0.717) is 17.9 Å². The first-order chi connectivity index (χ1) is 8.92. The molecule has 1 aromatic heterocycles. The van der Waals surface area contributed by atoms with Crippen LogP contribution in [0.3, 0.4) is 0 Å². The predicted molar refractivity (Wildman–Crippen MR) is 70.1 cm³/mol. The number of nitrogens with zero attached hydrogens (tertiary/aromatic N) is 4. The van der Waals surface area contributed by atoms with Crippen molar-refractivity contribution in [3.8, 4) is 0 Å². The van der Waals surface area contributed by atoms with Gasteiger partial charge in [-0.15, -0.1) is 5.10 Å². The van der Waals surface area contributed by atoms with Crippen LogP contribution in [0.25, 0.3) is 0 Å². The second-order valence-electron chi connectivity index (χ2n) is 4.80. The summed E-state index contributed by atoms with van der Waals surface area (Å²) in [6.07, 6.45) is 0. The third kappa shape index (κ3) is 2.90. The molecule has 0 radical (unpaired) electrons. The van der Waals surface area contributed by atoms with Crippen molar-refractivity contribution < 1.29 is 4.39 Å². The molecule has 0 saturated heterocycles. The van der Waals surface area contributed by atoms with Gasteiger partial charge in [0.25, 0.3) is 0 Å². The Hall–Kier alpha value is -1.53. The van der Waals surface area contributed by atoms with Gasteiger partial charge in [-0.2, -0.15) is 0 Å². The number of hydrogen-bond donors (Lipinski definition) is 1. The molecule has 2 rings (SSSR count). The highest BCUT2D eigenvalue weighted by Gasteiger charge is 2.25. The average Bonchev–Trinajstić information content (AvgIpc) is 2.76. The van der Waals surface area contributed by atoms with Crippen LogP contribution in [0.1, 0.15) is 25.2 Å². The normalized spacial score (nSPS) is 11.8. The highest BCUT2D eigenvalue weighted by molar-refractivity contribution is 6.30. The lowest BCUT2D eigenvalue weighted by Crippen LogP contribution is -2.37. The summed E-state index contributed by atoms with van der Waals surface area (Å²) in [6.45, 7) is 4.19. The van der Waals surface area contributed by atoms with Crippen LogP contribution in [0.5, 0.6) is 0 Å². The lowest BCUT2D eigenvalue weighted by molar-refractivity contribution is 0.374. The van der Waals surface area contributed by atoms with Crippen LogP contribution in [0.2, 0.25) is 5.02 Å². The molecule has 0 atom stereocenters. The van der Waals surface area contributed by atoms with Crippen molar-refractivity contribution in [1.29, 1.82) is 0 Å². The number of tetrazole rings is 1. The van der Waals surface area contributed by atoms with E-state index in [1.807, 2.05) is 13.8 Å². The maximum absolute atomic E-state index is 14.0. The molecular weight excluding hydrogens is 269 g/mol. The van der Waals surface area contributed by atoms with Gasteiger partial charge in [0.15, 0.2) is 5.82 Å². The summed E-state index contributed by atoms with van der Waals surface area (Å²) >= 11 is 5.81. The van der Waals surface area contributed by atoms with E-state index in [0.717, 1.165) is 0 Å². The number of rotatable bonds is 4. The summed E-state index contributed by atoms with van der Waals surface area (Å²) in [4.78, 5) is 0. The van der Waals surface area contributed by atoms with E-state index in [4.69, 9.17) is 11.6 Å². The lowest BCUT2D eigenvalue weighted by atomic mass is 9.93. The van der Waals surface area contributed by atoms with Crippen LogP contribution in [0.4, 0.5) is 4.39 Å². The number of hydrogen-bond acceptors (Lipinski definition) is 4. The molecule has 19 heavy (non-hydrogen) atoms. The molecule has 0 amide bonds. The zero-order valence-corrected chi connectivity index (χ0v) is 11.7. The molecule has 1 heterocycles. The smallest absolute Gasteiger partial charge is 0.164 e. The molecule has 7 heteroatoms. The maximum Gasteiger partial charge on any atom is 0.164 e. The molecule has 0 aliphatic heterocycles. The van der Waals surface area contributed by atoms with Crippen molar-refractivity contribution >= 4 is 11.6 Å². The summed E-state index contributed by atoms with van der Waals surface area (Å²) in [5.74, 6) is 0.272. The van der Waals surface area contributed by atoms with Gasteiger partial charge < -0.3 is 5.32 Å². The number of nitrogens with one attached hydrogen (secondary N) is 1. The molecule has 0 fully saturated rings. The van der Waals surface area contributed by atoms with E-state index in [2.05, 4.69) is 20.8 Å². The number of halogens is 2. The van der Waals surface area contributed by atoms with E-state index in [9.17, 15) is 4.39 Å². The van der Waals surface area contributed by atoms with Crippen LogP contribution in [0, 0.1) is 5.82 Å². The molecule has 0 saturated carbocycles. The monoisotopic (exact) mass is 283 g/mol. The van der Waals surface area contributed by atoms with Crippen LogP contribution < -0.4 is 5.32 Å². The van der Waals surface area contributed by atoms with E-state index in [1.54, 1.807) is 23.9 Å². The average molecular weight is 284 g/mol. The summed E-state index contributed by atoms with van der Waals surface area (Å²) in [6, 6.07) is 4.97. The summed E-state index contributed by atoms with van der Waals surface area (Å²) in [7, 11) is 1.75. The fourth-order valence-electron chi connectivity index (χ4n) is 1.78. The molecular formula is C12H15ClFN5. The molecule has 2 aromatic rings. The number of aryl methyl sites for hydroxylation is 1. The molecule has 1 N–H and O–H groups in total. The summed E-state index contributed by atoms with van der Waals surface area (Å²) in [5.41, 5.74) is -0.0730. The van der Waals surface area contributed by atoms with Crippen LogP contribution >= 0.6 is 11.6 Å². The van der Waals surface area contributed by atoms with E-state index in [1.165, 1.54) is 6.07 Å². The van der Waals surface area contributed by atoms with Crippen molar-refractivity contribution in [3.05, 3.63) is 40.4 Å². The Bertz CT molecular complexity index is 581. The summed E-state index contributed by atoms with van der Waals surface area (Å²) < 4.78 is 15.6. The first-order valence-electron chi connectivity index (χ1n) is 5.82. The van der Waals surface area contributed by atoms with Gasteiger partial charge in [0.05, 0.1) is 11.6 Å². The second kappa shape index (κ2) is 5.22. The van der Waals surface area contributed by atoms with Crippen molar-refractivity contribution in [2.45, 2.75) is 25.9 Å². The molecule has 0 aliphatic carbocycles. The number of aromatic nitrogens is 4.